The van der Waals surface area contributed by atoms with E-state index < -0.39 is 0 Å². The molecule has 0 aliphatic heterocycles. The Morgan fingerprint density at radius 1 is 0.931 bits per heavy atom. The first kappa shape index (κ1) is 22.3. The highest BCUT2D eigenvalue weighted by Gasteiger charge is 2.14. The van der Waals surface area contributed by atoms with Crippen LogP contribution >= 0.6 is 0 Å². The van der Waals surface area contributed by atoms with Crippen molar-refractivity contribution >= 4 is 11.9 Å². The van der Waals surface area contributed by atoms with Crippen molar-refractivity contribution in [3.63, 3.8) is 0 Å². The van der Waals surface area contributed by atoms with Crippen molar-refractivity contribution in [1.29, 1.82) is 0 Å². The number of rotatable bonds is 8. The summed E-state index contributed by atoms with van der Waals surface area (Å²) < 4.78 is 6.03. The van der Waals surface area contributed by atoms with Crippen LogP contribution in [-0.4, -0.2) is 37.1 Å². The first-order valence-electron chi connectivity index (χ1n) is 10.0. The van der Waals surface area contributed by atoms with Crippen molar-refractivity contribution in [2.24, 2.45) is 4.99 Å². The van der Waals surface area contributed by atoms with E-state index in [2.05, 4.69) is 20.9 Å². The zero-order valence-electron chi connectivity index (χ0n) is 17.8. The fourth-order valence-corrected chi connectivity index (χ4v) is 2.62. The van der Waals surface area contributed by atoms with Crippen LogP contribution in [0.15, 0.2) is 59.6 Å². The van der Waals surface area contributed by atoms with Crippen molar-refractivity contribution in [1.82, 2.24) is 16.0 Å². The highest BCUT2D eigenvalue weighted by atomic mass is 16.5. The van der Waals surface area contributed by atoms with Gasteiger partial charge in [0.25, 0.3) is 5.91 Å². The Labute approximate surface area is 173 Å². The van der Waals surface area contributed by atoms with Crippen LogP contribution < -0.4 is 20.7 Å². The number of ether oxygens (including phenoxy) is 1. The van der Waals surface area contributed by atoms with Gasteiger partial charge in [0.05, 0.1) is 6.54 Å². The summed E-state index contributed by atoms with van der Waals surface area (Å²) >= 11 is 0. The van der Waals surface area contributed by atoms with Crippen LogP contribution in [0.25, 0.3) is 0 Å². The smallest absolute Gasteiger partial charge is 0.251 e. The molecule has 2 aromatic rings. The summed E-state index contributed by atoms with van der Waals surface area (Å²) in [5, 5.41) is 9.38. The van der Waals surface area contributed by atoms with Gasteiger partial charge in [0.15, 0.2) is 5.96 Å². The van der Waals surface area contributed by atoms with E-state index in [4.69, 9.17) is 4.74 Å². The number of aliphatic imine (C=N–C) groups is 1. The molecule has 0 saturated heterocycles. The number of hydrogen-bond acceptors (Lipinski definition) is 3. The molecule has 6 nitrogen and oxygen atoms in total. The summed E-state index contributed by atoms with van der Waals surface area (Å²) in [6.07, 6.45) is 0. The predicted molar refractivity (Wildman–Crippen MR) is 118 cm³/mol. The minimum atomic E-state index is -0.264. The third-order valence-corrected chi connectivity index (χ3v) is 3.88. The van der Waals surface area contributed by atoms with Gasteiger partial charge in [0, 0.05) is 30.8 Å². The summed E-state index contributed by atoms with van der Waals surface area (Å²) in [6, 6.07) is 17.1. The monoisotopic (exact) mass is 396 g/mol. The van der Waals surface area contributed by atoms with E-state index in [0.717, 1.165) is 17.9 Å². The normalized spacial score (nSPS) is 11.7. The molecule has 3 N–H and O–H groups in total. The molecule has 29 heavy (non-hydrogen) atoms. The number of carbonyl (C=O) groups excluding carboxylic acids is 1. The Balaban J connectivity index is 1.89. The van der Waals surface area contributed by atoms with Gasteiger partial charge in [-0.25, -0.2) is 4.99 Å². The number of amides is 1. The van der Waals surface area contributed by atoms with E-state index in [0.29, 0.717) is 31.2 Å². The van der Waals surface area contributed by atoms with Gasteiger partial charge in [-0.05, 0) is 45.9 Å². The Hall–Kier alpha value is -3.02. The van der Waals surface area contributed by atoms with Gasteiger partial charge in [-0.1, -0.05) is 36.4 Å². The highest BCUT2D eigenvalue weighted by molar-refractivity contribution is 5.94. The molecule has 0 aliphatic carbocycles. The summed E-state index contributed by atoms with van der Waals surface area (Å²) in [5.41, 5.74) is 1.42. The summed E-state index contributed by atoms with van der Waals surface area (Å²) in [7, 11) is 0. The summed E-state index contributed by atoms with van der Waals surface area (Å²) in [6.45, 7) is 10.4. The molecular formula is C23H32N4O2. The van der Waals surface area contributed by atoms with Gasteiger partial charge in [-0.3, -0.25) is 4.79 Å². The second-order valence-corrected chi connectivity index (χ2v) is 7.57. The summed E-state index contributed by atoms with van der Waals surface area (Å²) in [5.74, 6) is 1.46. The standard InChI is InChI=1S/C23H32N4O2/c1-5-24-22(26-16-15-25-21(28)18-11-7-6-8-12-18)27-17-19-13-9-10-14-20(19)29-23(2,3)4/h6-14H,5,15-17H2,1-4H3,(H,25,28)(H2,24,26,27). The van der Waals surface area contributed by atoms with Crippen LogP contribution in [0.1, 0.15) is 43.6 Å². The predicted octanol–water partition coefficient (Wildman–Crippen LogP) is 3.35. The highest BCUT2D eigenvalue weighted by Crippen LogP contribution is 2.23. The lowest BCUT2D eigenvalue weighted by Gasteiger charge is -2.23. The Morgan fingerprint density at radius 2 is 1.59 bits per heavy atom. The lowest BCUT2D eigenvalue weighted by molar-refractivity contribution is 0.0954. The molecule has 1 amide bonds. The zero-order valence-corrected chi connectivity index (χ0v) is 17.8. The van der Waals surface area contributed by atoms with E-state index in [1.807, 2.05) is 70.2 Å². The quantitative estimate of drug-likeness (QED) is 0.363. The molecule has 2 rings (SSSR count). The third kappa shape index (κ3) is 8.25. The van der Waals surface area contributed by atoms with Crippen LogP contribution in [0.5, 0.6) is 5.75 Å². The summed E-state index contributed by atoms with van der Waals surface area (Å²) in [4.78, 5) is 16.7. The Morgan fingerprint density at radius 3 is 2.28 bits per heavy atom. The van der Waals surface area contributed by atoms with E-state index in [1.165, 1.54) is 0 Å². The van der Waals surface area contributed by atoms with Gasteiger partial charge in [-0.2, -0.15) is 0 Å². The molecule has 0 bridgehead atoms. The number of guanidine groups is 1. The van der Waals surface area contributed by atoms with Crippen LogP contribution in [0.2, 0.25) is 0 Å². The van der Waals surface area contributed by atoms with Crippen molar-refractivity contribution < 1.29 is 9.53 Å². The van der Waals surface area contributed by atoms with E-state index in [-0.39, 0.29) is 11.5 Å². The average Bonchev–Trinajstić information content (AvgIpc) is 2.69. The molecule has 0 aromatic heterocycles. The average molecular weight is 397 g/mol. The van der Waals surface area contributed by atoms with Gasteiger partial charge in [-0.15, -0.1) is 0 Å². The van der Waals surface area contributed by atoms with Crippen LogP contribution in [0, 0.1) is 0 Å². The van der Waals surface area contributed by atoms with Crippen molar-refractivity contribution in [3.05, 3.63) is 65.7 Å². The van der Waals surface area contributed by atoms with Crippen LogP contribution in [0.4, 0.5) is 0 Å². The number of hydrogen-bond donors (Lipinski definition) is 3. The van der Waals surface area contributed by atoms with Crippen LogP contribution in [0.3, 0.4) is 0 Å². The first-order chi connectivity index (χ1) is 13.9. The number of carbonyl (C=O) groups is 1. The molecule has 0 spiro atoms. The SMILES string of the molecule is CCNC(=NCc1ccccc1OC(C)(C)C)NCCNC(=O)c1ccccc1. The topological polar surface area (TPSA) is 74.8 Å². The minimum Gasteiger partial charge on any atom is -0.488 e. The number of para-hydroxylation sites is 1. The Kier molecular flexibility index (Phi) is 8.52. The lowest BCUT2D eigenvalue weighted by Crippen LogP contribution is -2.41. The van der Waals surface area contributed by atoms with Gasteiger partial charge >= 0.3 is 0 Å². The van der Waals surface area contributed by atoms with E-state index in [9.17, 15) is 4.79 Å². The fraction of sp³-hybridized carbons (Fsp3) is 0.391. The molecule has 0 heterocycles. The first-order valence-corrected chi connectivity index (χ1v) is 10.0. The maximum Gasteiger partial charge on any atom is 0.251 e. The molecule has 0 radical (unpaired) electrons. The van der Waals surface area contributed by atoms with Crippen molar-refractivity contribution in [3.8, 4) is 5.75 Å². The molecule has 2 aromatic carbocycles. The second-order valence-electron chi connectivity index (χ2n) is 7.57. The molecular weight excluding hydrogens is 364 g/mol. The molecule has 0 fully saturated rings. The minimum absolute atomic E-state index is 0.0809. The lowest BCUT2D eigenvalue weighted by atomic mass is 10.1. The van der Waals surface area contributed by atoms with E-state index in [1.54, 1.807) is 12.1 Å². The van der Waals surface area contributed by atoms with Crippen molar-refractivity contribution in [2.75, 3.05) is 19.6 Å². The molecule has 156 valence electrons. The molecule has 0 aliphatic rings. The van der Waals surface area contributed by atoms with Gasteiger partial charge < -0.3 is 20.7 Å². The Bertz CT molecular complexity index is 798. The number of nitrogens with zero attached hydrogens (tertiary/aromatic N) is 1. The largest absolute Gasteiger partial charge is 0.488 e. The maximum atomic E-state index is 12.1. The van der Waals surface area contributed by atoms with Crippen LogP contribution in [-0.2, 0) is 6.54 Å². The van der Waals surface area contributed by atoms with E-state index >= 15 is 0 Å². The maximum absolute atomic E-state index is 12.1. The molecule has 0 atom stereocenters. The van der Waals surface area contributed by atoms with Gasteiger partial charge in [0.1, 0.15) is 11.4 Å². The zero-order chi connectivity index (χ0) is 21.1. The molecule has 6 heteroatoms. The number of nitrogens with one attached hydrogen (secondary N) is 3. The fourth-order valence-electron chi connectivity index (χ4n) is 2.62. The second kappa shape index (κ2) is 11.1. The number of benzene rings is 2. The molecule has 0 saturated carbocycles. The van der Waals surface area contributed by atoms with Gasteiger partial charge in [0.2, 0.25) is 0 Å². The third-order valence-electron chi connectivity index (χ3n) is 3.88. The van der Waals surface area contributed by atoms with Crippen molar-refractivity contribution in [2.45, 2.75) is 39.8 Å². The molecule has 0 unspecified atom stereocenters.